The maximum absolute atomic E-state index is 5.67. The molecule has 0 saturated heterocycles. The molecule has 0 aliphatic rings. The lowest BCUT2D eigenvalue weighted by Crippen LogP contribution is -2.28. The summed E-state index contributed by atoms with van der Waals surface area (Å²) in [6, 6.07) is 6.05. The first kappa shape index (κ1) is 12.0. The van der Waals surface area contributed by atoms with Gasteiger partial charge in [-0.2, -0.15) is 0 Å². The molecule has 0 aromatic heterocycles. The van der Waals surface area contributed by atoms with Gasteiger partial charge in [-0.15, -0.1) is 0 Å². The van der Waals surface area contributed by atoms with E-state index in [0.717, 1.165) is 11.3 Å². The van der Waals surface area contributed by atoms with Crippen LogP contribution in [0.1, 0.15) is 31.9 Å². The first-order valence-corrected chi connectivity index (χ1v) is 5.39. The fourth-order valence-corrected chi connectivity index (χ4v) is 1.56. The second-order valence-corrected chi connectivity index (χ2v) is 5.23. The monoisotopic (exact) mass is 222 g/mol. The summed E-state index contributed by atoms with van der Waals surface area (Å²) < 4.78 is 0. The standard InChI is InChI=1S/C12H18N2S/c1-8-5-6-9(11(13)15)10(7-8)14-12(2,3)4/h5-7,14H,1-4H3,(H2,13,15). The Morgan fingerprint density at radius 1 is 1.33 bits per heavy atom. The van der Waals surface area contributed by atoms with E-state index < -0.39 is 0 Å². The summed E-state index contributed by atoms with van der Waals surface area (Å²) in [5.41, 5.74) is 8.80. The van der Waals surface area contributed by atoms with E-state index >= 15 is 0 Å². The van der Waals surface area contributed by atoms with Gasteiger partial charge in [0.1, 0.15) is 4.99 Å². The molecular formula is C12H18N2S. The zero-order valence-corrected chi connectivity index (χ0v) is 10.5. The Balaban J connectivity index is 3.13. The third-order valence-electron chi connectivity index (χ3n) is 1.95. The highest BCUT2D eigenvalue weighted by Crippen LogP contribution is 2.21. The number of nitrogens with one attached hydrogen (secondary N) is 1. The molecule has 1 rings (SSSR count). The minimum atomic E-state index is 0.00727. The fourth-order valence-electron chi connectivity index (χ4n) is 1.38. The maximum atomic E-state index is 5.67. The topological polar surface area (TPSA) is 38.0 Å². The molecule has 0 atom stereocenters. The van der Waals surface area contributed by atoms with Gasteiger partial charge >= 0.3 is 0 Å². The van der Waals surface area contributed by atoms with Gasteiger partial charge in [0, 0.05) is 16.8 Å². The summed E-state index contributed by atoms with van der Waals surface area (Å²) in [6.45, 7) is 8.38. The Bertz CT molecular complexity index is 378. The van der Waals surface area contributed by atoms with Crippen LogP contribution < -0.4 is 11.1 Å². The third-order valence-corrected chi connectivity index (χ3v) is 2.17. The Kier molecular flexibility index (Phi) is 3.35. The Hall–Kier alpha value is -1.09. The SMILES string of the molecule is Cc1ccc(C(N)=S)c(NC(C)(C)C)c1. The Morgan fingerprint density at radius 2 is 1.93 bits per heavy atom. The quantitative estimate of drug-likeness (QED) is 0.756. The molecule has 0 radical (unpaired) electrons. The van der Waals surface area contributed by atoms with Crippen molar-refractivity contribution in [3.8, 4) is 0 Å². The van der Waals surface area contributed by atoms with E-state index in [0.29, 0.717) is 4.99 Å². The molecule has 2 nitrogen and oxygen atoms in total. The largest absolute Gasteiger partial charge is 0.389 e. The van der Waals surface area contributed by atoms with Crippen molar-refractivity contribution < 1.29 is 0 Å². The number of thiocarbonyl (C=S) groups is 1. The van der Waals surface area contributed by atoms with E-state index in [1.54, 1.807) is 0 Å². The molecule has 0 saturated carbocycles. The van der Waals surface area contributed by atoms with Crippen molar-refractivity contribution in [2.24, 2.45) is 5.73 Å². The molecular weight excluding hydrogens is 204 g/mol. The minimum absolute atomic E-state index is 0.00727. The molecule has 1 aromatic carbocycles. The molecule has 0 fully saturated rings. The van der Waals surface area contributed by atoms with Gasteiger partial charge in [-0.1, -0.05) is 18.3 Å². The summed E-state index contributed by atoms with van der Waals surface area (Å²) in [6.07, 6.45) is 0. The normalized spacial score (nSPS) is 11.2. The van der Waals surface area contributed by atoms with E-state index in [-0.39, 0.29) is 5.54 Å². The summed E-state index contributed by atoms with van der Waals surface area (Å²) in [5.74, 6) is 0. The van der Waals surface area contributed by atoms with Gasteiger partial charge in [0.2, 0.25) is 0 Å². The average Bonchev–Trinajstić information content (AvgIpc) is 1.99. The van der Waals surface area contributed by atoms with Gasteiger partial charge in [0.15, 0.2) is 0 Å². The van der Waals surface area contributed by atoms with Crippen LogP contribution in [0, 0.1) is 6.92 Å². The minimum Gasteiger partial charge on any atom is -0.389 e. The van der Waals surface area contributed by atoms with Crippen molar-refractivity contribution in [1.29, 1.82) is 0 Å². The van der Waals surface area contributed by atoms with E-state index in [9.17, 15) is 0 Å². The molecule has 0 unspecified atom stereocenters. The summed E-state index contributed by atoms with van der Waals surface area (Å²) in [4.78, 5) is 0.432. The van der Waals surface area contributed by atoms with Crippen molar-refractivity contribution in [3.63, 3.8) is 0 Å². The van der Waals surface area contributed by atoms with Crippen molar-refractivity contribution in [3.05, 3.63) is 29.3 Å². The van der Waals surface area contributed by atoms with Crippen molar-refractivity contribution in [1.82, 2.24) is 0 Å². The highest BCUT2D eigenvalue weighted by Gasteiger charge is 2.13. The predicted molar refractivity (Wildman–Crippen MR) is 70.4 cm³/mol. The zero-order chi connectivity index (χ0) is 11.6. The highest BCUT2D eigenvalue weighted by atomic mass is 32.1. The van der Waals surface area contributed by atoms with Crippen LogP contribution in [0.15, 0.2) is 18.2 Å². The molecule has 0 aliphatic heterocycles. The van der Waals surface area contributed by atoms with Crippen LogP contribution in [-0.4, -0.2) is 10.5 Å². The number of benzene rings is 1. The lowest BCUT2D eigenvalue weighted by Gasteiger charge is -2.24. The molecule has 0 aliphatic carbocycles. The van der Waals surface area contributed by atoms with Crippen LogP contribution in [0.5, 0.6) is 0 Å². The molecule has 3 N–H and O–H groups in total. The smallest absolute Gasteiger partial charge is 0.106 e. The fraction of sp³-hybridized carbons (Fsp3) is 0.417. The van der Waals surface area contributed by atoms with E-state index in [2.05, 4.69) is 39.1 Å². The zero-order valence-electron chi connectivity index (χ0n) is 9.72. The molecule has 0 heterocycles. The highest BCUT2D eigenvalue weighted by molar-refractivity contribution is 7.80. The van der Waals surface area contributed by atoms with Crippen LogP contribution in [0.4, 0.5) is 5.69 Å². The molecule has 15 heavy (non-hydrogen) atoms. The third kappa shape index (κ3) is 3.51. The number of nitrogens with two attached hydrogens (primary N) is 1. The first-order valence-electron chi connectivity index (χ1n) is 4.98. The van der Waals surface area contributed by atoms with Crippen molar-refractivity contribution in [2.75, 3.05) is 5.32 Å². The van der Waals surface area contributed by atoms with Gasteiger partial charge in [-0.25, -0.2) is 0 Å². The first-order chi connectivity index (χ1) is 6.79. The summed E-state index contributed by atoms with van der Waals surface area (Å²) in [7, 11) is 0. The number of anilines is 1. The Labute approximate surface area is 96.9 Å². The average molecular weight is 222 g/mol. The Morgan fingerprint density at radius 3 is 2.40 bits per heavy atom. The van der Waals surface area contributed by atoms with Crippen LogP contribution >= 0.6 is 12.2 Å². The molecule has 1 aromatic rings. The van der Waals surface area contributed by atoms with Crippen LogP contribution in [0.25, 0.3) is 0 Å². The summed E-state index contributed by atoms with van der Waals surface area (Å²) in [5, 5.41) is 3.40. The predicted octanol–water partition coefficient (Wildman–Crippen LogP) is 2.84. The molecule has 3 heteroatoms. The molecule has 0 bridgehead atoms. The van der Waals surface area contributed by atoms with Gasteiger partial charge in [0.05, 0.1) is 0 Å². The number of rotatable bonds is 2. The van der Waals surface area contributed by atoms with Gasteiger partial charge in [-0.3, -0.25) is 0 Å². The van der Waals surface area contributed by atoms with E-state index in [1.165, 1.54) is 5.56 Å². The van der Waals surface area contributed by atoms with E-state index in [1.807, 2.05) is 12.1 Å². The second-order valence-electron chi connectivity index (χ2n) is 4.79. The maximum Gasteiger partial charge on any atom is 0.106 e. The van der Waals surface area contributed by atoms with Crippen LogP contribution in [-0.2, 0) is 0 Å². The lowest BCUT2D eigenvalue weighted by atomic mass is 10.0. The van der Waals surface area contributed by atoms with Gasteiger partial charge in [-0.05, 0) is 45.4 Å². The number of aryl methyl sites for hydroxylation is 1. The van der Waals surface area contributed by atoms with E-state index in [4.69, 9.17) is 18.0 Å². The van der Waals surface area contributed by atoms with Crippen molar-refractivity contribution >= 4 is 22.9 Å². The summed E-state index contributed by atoms with van der Waals surface area (Å²) >= 11 is 5.02. The van der Waals surface area contributed by atoms with Crippen LogP contribution in [0.2, 0.25) is 0 Å². The molecule has 0 amide bonds. The number of hydrogen-bond acceptors (Lipinski definition) is 2. The molecule has 82 valence electrons. The van der Waals surface area contributed by atoms with Crippen LogP contribution in [0.3, 0.4) is 0 Å². The van der Waals surface area contributed by atoms with Gasteiger partial charge in [0.25, 0.3) is 0 Å². The van der Waals surface area contributed by atoms with Crippen molar-refractivity contribution in [2.45, 2.75) is 33.2 Å². The molecule has 0 spiro atoms. The lowest BCUT2D eigenvalue weighted by molar-refractivity contribution is 0.634. The second kappa shape index (κ2) is 4.19. The number of hydrogen-bond donors (Lipinski definition) is 2. The van der Waals surface area contributed by atoms with Gasteiger partial charge < -0.3 is 11.1 Å².